The number of aromatic nitrogens is 1. The molecular weight excluding hydrogens is 266 g/mol. The Balaban J connectivity index is 2.27. The third-order valence-electron chi connectivity index (χ3n) is 5.35. The van der Waals surface area contributed by atoms with Crippen molar-refractivity contribution in [1.29, 1.82) is 0 Å². The second kappa shape index (κ2) is 10.0. The second-order valence-electron chi connectivity index (χ2n) is 7.15. The molecule has 0 saturated carbocycles. The van der Waals surface area contributed by atoms with E-state index in [1.54, 1.807) is 5.56 Å². The maximum Gasteiger partial charge on any atom is 0.0469 e. The number of unbranched alkanes of at least 4 members (excludes halogenated alkanes) is 1. The molecule has 1 nitrogen and oxygen atoms in total. The molecule has 0 fully saturated rings. The summed E-state index contributed by atoms with van der Waals surface area (Å²) >= 11 is 0. The topological polar surface area (TPSA) is 12.9 Å². The summed E-state index contributed by atoms with van der Waals surface area (Å²) in [5.41, 5.74) is 3.05. The Hall–Kier alpha value is -0.850. The van der Waals surface area contributed by atoms with Gasteiger partial charge >= 0.3 is 0 Å². The Kier molecular flexibility index (Phi) is 7.98. The third kappa shape index (κ3) is 5.11. The van der Waals surface area contributed by atoms with Crippen LogP contribution in [0.15, 0.2) is 18.3 Å². The van der Waals surface area contributed by atoms with Crippen LogP contribution >= 0.6 is 0 Å². The zero-order chi connectivity index (χ0) is 15.6. The number of hydrogen-bond acceptors (Lipinski definition) is 1. The smallest absolute Gasteiger partial charge is 0.0469 e. The van der Waals surface area contributed by atoms with Crippen LogP contribution in [0.3, 0.4) is 0 Å². The molecule has 1 aliphatic carbocycles. The minimum Gasteiger partial charge on any atom is -0.261 e. The molecule has 124 valence electrons. The van der Waals surface area contributed by atoms with Crippen molar-refractivity contribution in [3.63, 3.8) is 0 Å². The summed E-state index contributed by atoms with van der Waals surface area (Å²) in [6, 6.07) is 4.56. The number of pyridine rings is 1. The van der Waals surface area contributed by atoms with Crippen molar-refractivity contribution in [3.8, 4) is 0 Å². The van der Waals surface area contributed by atoms with Gasteiger partial charge in [0.05, 0.1) is 0 Å². The van der Waals surface area contributed by atoms with E-state index in [2.05, 4.69) is 26.0 Å². The van der Waals surface area contributed by atoms with Gasteiger partial charge in [-0.15, -0.1) is 0 Å². The van der Waals surface area contributed by atoms with Gasteiger partial charge in [0.1, 0.15) is 0 Å². The zero-order valence-corrected chi connectivity index (χ0v) is 14.8. The predicted molar refractivity (Wildman–Crippen MR) is 96.5 cm³/mol. The normalized spacial score (nSPS) is 23.5. The lowest BCUT2D eigenvalue weighted by Crippen LogP contribution is -2.10. The minimum atomic E-state index is 0.698. The molecule has 1 aromatic rings. The van der Waals surface area contributed by atoms with Crippen molar-refractivity contribution in [1.82, 2.24) is 4.98 Å². The van der Waals surface area contributed by atoms with Gasteiger partial charge in [-0.3, -0.25) is 4.98 Å². The van der Waals surface area contributed by atoms with Crippen LogP contribution in [0.25, 0.3) is 0 Å². The molecule has 2 atom stereocenters. The van der Waals surface area contributed by atoms with Crippen LogP contribution in [-0.2, 0) is 0 Å². The average Bonchev–Trinajstić information content (AvgIpc) is 2.58. The van der Waals surface area contributed by atoms with E-state index in [0.717, 1.165) is 5.92 Å². The largest absolute Gasteiger partial charge is 0.261 e. The lowest BCUT2D eigenvalue weighted by atomic mass is 9.83. The summed E-state index contributed by atoms with van der Waals surface area (Å²) in [6.45, 7) is 4.64. The van der Waals surface area contributed by atoms with E-state index < -0.39 is 0 Å². The van der Waals surface area contributed by atoms with Gasteiger partial charge in [0, 0.05) is 17.8 Å². The van der Waals surface area contributed by atoms with Crippen molar-refractivity contribution in [2.75, 3.05) is 0 Å². The van der Waals surface area contributed by atoms with E-state index in [-0.39, 0.29) is 0 Å². The van der Waals surface area contributed by atoms with Crippen molar-refractivity contribution >= 4 is 0 Å². The highest BCUT2D eigenvalue weighted by atomic mass is 14.7. The summed E-state index contributed by atoms with van der Waals surface area (Å²) in [5, 5.41) is 0. The van der Waals surface area contributed by atoms with Gasteiger partial charge in [0.25, 0.3) is 0 Å². The number of hydrogen-bond donors (Lipinski definition) is 0. The SMILES string of the molecule is CCCCC1CCCCCCCC(CCC)c2ncccc21. The standard InChI is InChI=1S/C21H35N/c1-3-5-13-18-14-9-7-6-8-10-15-19(12-4-2)21-20(18)16-11-17-22-21/h11,16-19H,3-10,12-15H2,1-2H3. The molecule has 22 heavy (non-hydrogen) atoms. The predicted octanol–water partition coefficient (Wildman–Crippen LogP) is 6.98. The summed E-state index contributed by atoms with van der Waals surface area (Å²) in [4.78, 5) is 4.88. The van der Waals surface area contributed by atoms with E-state index in [1.165, 1.54) is 82.7 Å². The Morgan fingerprint density at radius 3 is 2.36 bits per heavy atom. The molecule has 0 bridgehead atoms. The molecule has 2 unspecified atom stereocenters. The summed E-state index contributed by atoms with van der Waals surface area (Å²) in [6.07, 6.45) is 18.4. The van der Waals surface area contributed by atoms with Crippen molar-refractivity contribution in [2.45, 2.75) is 103 Å². The summed E-state index contributed by atoms with van der Waals surface area (Å²) < 4.78 is 0. The van der Waals surface area contributed by atoms with Gasteiger partial charge in [-0.2, -0.15) is 0 Å². The van der Waals surface area contributed by atoms with E-state index in [0.29, 0.717) is 5.92 Å². The van der Waals surface area contributed by atoms with Crippen LogP contribution < -0.4 is 0 Å². The highest BCUT2D eigenvalue weighted by molar-refractivity contribution is 5.27. The van der Waals surface area contributed by atoms with Crippen molar-refractivity contribution in [2.24, 2.45) is 0 Å². The van der Waals surface area contributed by atoms with Gasteiger partial charge in [-0.1, -0.05) is 71.3 Å². The van der Waals surface area contributed by atoms with Gasteiger partial charge in [-0.25, -0.2) is 0 Å². The fourth-order valence-corrected chi connectivity index (χ4v) is 4.10. The lowest BCUT2D eigenvalue weighted by molar-refractivity contribution is 0.504. The monoisotopic (exact) mass is 301 g/mol. The molecule has 0 aliphatic heterocycles. The summed E-state index contributed by atoms with van der Waals surface area (Å²) in [5.74, 6) is 1.45. The van der Waals surface area contributed by atoms with Crippen molar-refractivity contribution in [3.05, 3.63) is 29.6 Å². The molecule has 0 aromatic carbocycles. The van der Waals surface area contributed by atoms with Crippen LogP contribution in [0.5, 0.6) is 0 Å². The molecule has 1 heterocycles. The average molecular weight is 302 g/mol. The zero-order valence-electron chi connectivity index (χ0n) is 14.8. The highest BCUT2D eigenvalue weighted by Gasteiger charge is 2.21. The number of fused-ring (bicyclic) bond motifs is 1. The van der Waals surface area contributed by atoms with Crippen LogP contribution in [0, 0.1) is 0 Å². The molecule has 0 amide bonds. The number of nitrogens with zero attached hydrogens (tertiary/aromatic N) is 1. The van der Waals surface area contributed by atoms with Crippen molar-refractivity contribution < 1.29 is 0 Å². The lowest BCUT2D eigenvalue weighted by Gasteiger charge is -2.24. The third-order valence-corrected chi connectivity index (χ3v) is 5.35. The molecule has 1 aromatic heterocycles. The highest BCUT2D eigenvalue weighted by Crippen LogP contribution is 2.36. The first-order valence-electron chi connectivity index (χ1n) is 9.81. The molecule has 1 aliphatic rings. The van der Waals surface area contributed by atoms with E-state index in [9.17, 15) is 0 Å². The minimum absolute atomic E-state index is 0.698. The summed E-state index contributed by atoms with van der Waals surface area (Å²) in [7, 11) is 0. The molecule has 0 N–H and O–H groups in total. The molecule has 0 saturated heterocycles. The first-order chi connectivity index (χ1) is 10.9. The Morgan fingerprint density at radius 1 is 0.909 bits per heavy atom. The van der Waals surface area contributed by atoms with Gasteiger partial charge in [0.15, 0.2) is 0 Å². The Morgan fingerprint density at radius 2 is 1.64 bits per heavy atom. The van der Waals surface area contributed by atoms with Crippen LogP contribution in [0.1, 0.15) is 114 Å². The maximum atomic E-state index is 4.88. The molecule has 0 radical (unpaired) electrons. The van der Waals surface area contributed by atoms with Crippen LogP contribution in [-0.4, -0.2) is 4.98 Å². The van der Waals surface area contributed by atoms with Gasteiger partial charge < -0.3 is 0 Å². The van der Waals surface area contributed by atoms with Gasteiger partial charge in [0.2, 0.25) is 0 Å². The number of rotatable bonds is 5. The molecule has 2 rings (SSSR count). The first-order valence-corrected chi connectivity index (χ1v) is 9.81. The first kappa shape index (κ1) is 17.5. The van der Waals surface area contributed by atoms with Gasteiger partial charge in [-0.05, 0) is 43.2 Å². The Bertz CT molecular complexity index is 412. The van der Waals surface area contributed by atoms with Crippen LogP contribution in [0.4, 0.5) is 0 Å². The maximum absolute atomic E-state index is 4.88. The van der Waals surface area contributed by atoms with E-state index in [1.807, 2.05) is 6.20 Å². The molecular formula is C21H35N. The fraction of sp³-hybridized carbons (Fsp3) is 0.762. The molecule has 1 heteroatoms. The van der Waals surface area contributed by atoms with Crippen LogP contribution in [0.2, 0.25) is 0 Å². The quantitative estimate of drug-likeness (QED) is 0.571. The van der Waals surface area contributed by atoms with E-state index in [4.69, 9.17) is 4.98 Å². The molecule has 0 spiro atoms. The fourth-order valence-electron chi connectivity index (χ4n) is 4.10. The van der Waals surface area contributed by atoms with E-state index >= 15 is 0 Å². The Labute approximate surface area is 137 Å². The second-order valence-corrected chi connectivity index (χ2v) is 7.15.